The van der Waals surface area contributed by atoms with Crippen LogP contribution in [0.4, 0.5) is 26.0 Å². The molecule has 1 aromatic heterocycles. The van der Waals surface area contributed by atoms with Gasteiger partial charge in [0.05, 0.1) is 28.7 Å². The molecule has 15 heteroatoms. The van der Waals surface area contributed by atoms with Crippen molar-refractivity contribution < 1.29 is 31.5 Å². The average molecular weight is 646 g/mol. The summed E-state index contributed by atoms with van der Waals surface area (Å²) in [6, 6.07) is 7.15. The minimum atomic E-state index is -4.31. The lowest BCUT2D eigenvalue weighted by molar-refractivity contribution is -0.119. The predicted molar refractivity (Wildman–Crippen MR) is 165 cm³/mol. The van der Waals surface area contributed by atoms with Gasteiger partial charge in [0.25, 0.3) is 5.91 Å². The standard InChI is InChI=1S/C30H37F2N7O5S/c1-30(2)17-39(45(42,43)22-12-19(31)11-20(32)13-22)15-24-26(30)36-37-27(24)35-29(41)23-6-5-21(33-8-9-38(3)4)14-25(23)34-28(40)18-7-10-44-16-18/h5-6,11-14,18,33H,7-10,15-17H2,1-4H3,(H,34,40)(H2,35,36,37,41). The van der Waals surface area contributed by atoms with E-state index in [4.69, 9.17) is 4.74 Å². The second-order valence-corrected chi connectivity index (χ2v) is 14.1. The Morgan fingerprint density at radius 1 is 1.13 bits per heavy atom. The highest BCUT2D eigenvalue weighted by Gasteiger charge is 2.41. The summed E-state index contributed by atoms with van der Waals surface area (Å²) in [5.41, 5.74) is 1.42. The van der Waals surface area contributed by atoms with E-state index in [0.29, 0.717) is 54.9 Å². The zero-order chi connectivity index (χ0) is 32.5. The molecule has 0 radical (unpaired) electrons. The molecule has 0 aliphatic carbocycles. The van der Waals surface area contributed by atoms with Crippen LogP contribution in [0.5, 0.6) is 0 Å². The molecule has 0 spiro atoms. The molecule has 4 N–H and O–H groups in total. The molecule has 1 unspecified atom stereocenters. The van der Waals surface area contributed by atoms with Crippen LogP contribution < -0.4 is 16.0 Å². The predicted octanol–water partition coefficient (Wildman–Crippen LogP) is 3.37. The number of likely N-dealkylation sites (N-methyl/N-ethyl adjacent to an activating group) is 1. The molecule has 3 aromatic rings. The number of halogens is 2. The fourth-order valence-electron chi connectivity index (χ4n) is 5.46. The number of benzene rings is 2. The smallest absolute Gasteiger partial charge is 0.258 e. The Kier molecular flexibility index (Phi) is 9.26. The Morgan fingerprint density at radius 3 is 2.53 bits per heavy atom. The summed E-state index contributed by atoms with van der Waals surface area (Å²) in [4.78, 5) is 28.2. The third-order valence-electron chi connectivity index (χ3n) is 7.87. The third-order valence-corrected chi connectivity index (χ3v) is 9.64. The van der Waals surface area contributed by atoms with Gasteiger partial charge in [-0.15, -0.1) is 0 Å². The zero-order valence-electron chi connectivity index (χ0n) is 25.5. The lowest BCUT2D eigenvalue weighted by atomic mass is 9.84. The first-order valence-corrected chi connectivity index (χ1v) is 15.9. The number of nitrogens with zero attached hydrogens (tertiary/aromatic N) is 3. The van der Waals surface area contributed by atoms with Crippen LogP contribution in [0.1, 0.15) is 41.9 Å². The first-order chi connectivity index (χ1) is 21.2. The Bertz CT molecular complexity index is 1680. The van der Waals surface area contributed by atoms with Gasteiger partial charge >= 0.3 is 0 Å². The minimum Gasteiger partial charge on any atom is -0.384 e. The van der Waals surface area contributed by atoms with Crippen LogP contribution in [-0.2, 0) is 31.5 Å². The van der Waals surface area contributed by atoms with Gasteiger partial charge in [0, 0.05) is 61.2 Å². The number of hydrogen-bond acceptors (Lipinski definition) is 8. The topological polar surface area (TPSA) is 149 Å². The number of carbonyl (C=O) groups is 2. The van der Waals surface area contributed by atoms with Gasteiger partial charge < -0.3 is 25.6 Å². The van der Waals surface area contributed by atoms with Crippen LogP contribution in [-0.4, -0.2) is 86.6 Å². The molecule has 242 valence electrons. The summed E-state index contributed by atoms with van der Waals surface area (Å²) in [5.74, 6) is -3.10. The maximum absolute atomic E-state index is 13.9. The molecule has 12 nitrogen and oxygen atoms in total. The summed E-state index contributed by atoms with van der Waals surface area (Å²) in [6.07, 6.45) is 0.574. The molecule has 5 rings (SSSR count). The summed E-state index contributed by atoms with van der Waals surface area (Å²) < 4.78 is 61.3. The van der Waals surface area contributed by atoms with E-state index in [1.54, 1.807) is 32.0 Å². The molecule has 2 aliphatic heterocycles. The molecule has 45 heavy (non-hydrogen) atoms. The van der Waals surface area contributed by atoms with Crippen molar-refractivity contribution in [3.63, 3.8) is 0 Å². The molecule has 1 fully saturated rings. The van der Waals surface area contributed by atoms with E-state index in [-0.39, 0.29) is 36.3 Å². The maximum atomic E-state index is 13.9. The first kappa shape index (κ1) is 32.5. The lowest BCUT2D eigenvalue weighted by Gasteiger charge is -2.36. The van der Waals surface area contributed by atoms with Gasteiger partial charge in [-0.25, -0.2) is 17.2 Å². The van der Waals surface area contributed by atoms with Crippen LogP contribution in [0.3, 0.4) is 0 Å². The number of hydrogen-bond donors (Lipinski definition) is 4. The molecular weight excluding hydrogens is 608 g/mol. The van der Waals surface area contributed by atoms with Crippen molar-refractivity contribution in [3.8, 4) is 0 Å². The van der Waals surface area contributed by atoms with Gasteiger partial charge in [0.15, 0.2) is 5.82 Å². The van der Waals surface area contributed by atoms with E-state index in [0.717, 1.165) is 23.0 Å². The van der Waals surface area contributed by atoms with Crippen molar-refractivity contribution >= 4 is 39.0 Å². The Balaban J connectivity index is 1.42. The number of carbonyl (C=O) groups excluding carboxylic acids is 2. The number of aromatic nitrogens is 2. The molecule has 2 amide bonds. The molecular formula is C30H37F2N7O5S. The summed E-state index contributed by atoms with van der Waals surface area (Å²) in [5, 5.41) is 16.1. The molecule has 1 atom stereocenters. The zero-order valence-corrected chi connectivity index (χ0v) is 26.4. The quantitative estimate of drug-likeness (QED) is 0.262. The molecule has 1 saturated heterocycles. The summed E-state index contributed by atoms with van der Waals surface area (Å²) in [6.45, 7) is 5.58. The molecule has 2 aromatic carbocycles. The van der Waals surface area contributed by atoms with Gasteiger partial charge in [-0.3, -0.25) is 14.7 Å². The second kappa shape index (κ2) is 12.8. The summed E-state index contributed by atoms with van der Waals surface area (Å²) >= 11 is 0. The fourth-order valence-corrected chi connectivity index (χ4v) is 7.07. The van der Waals surface area contributed by atoms with Crippen molar-refractivity contribution in [2.45, 2.75) is 37.1 Å². The van der Waals surface area contributed by atoms with Crippen LogP contribution >= 0.6 is 0 Å². The normalized spacial score (nSPS) is 18.1. The average Bonchev–Trinajstić information content (AvgIpc) is 3.63. The number of rotatable bonds is 10. The number of aromatic amines is 1. The van der Waals surface area contributed by atoms with Gasteiger partial charge in [0.2, 0.25) is 15.9 Å². The Labute approximate surface area is 260 Å². The summed E-state index contributed by atoms with van der Waals surface area (Å²) in [7, 11) is -0.404. The monoisotopic (exact) mass is 645 g/mol. The minimum absolute atomic E-state index is 0.000604. The van der Waals surface area contributed by atoms with Crippen molar-refractivity contribution in [1.82, 2.24) is 19.4 Å². The highest BCUT2D eigenvalue weighted by atomic mass is 32.2. The number of amides is 2. The van der Waals surface area contributed by atoms with Gasteiger partial charge in [0.1, 0.15) is 11.6 Å². The van der Waals surface area contributed by atoms with Crippen LogP contribution in [0.2, 0.25) is 0 Å². The van der Waals surface area contributed by atoms with Gasteiger partial charge in [-0.05, 0) is 50.8 Å². The Hall–Kier alpha value is -3.92. The number of H-pyrrole nitrogens is 1. The van der Waals surface area contributed by atoms with E-state index in [9.17, 15) is 26.8 Å². The van der Waals surface area contributed by atoms with Crippen molar-refractivity contribution in [1.29, 1.82) is 0 Å². The second-order valence-electron chi connectivity index (χ2n) is 12.2. The van der Waals surface area contributed by atoms with Gasteiger partial charge in [-0.2, -0.15) is 9.40 Å². The van der Waals surface area contributed by atoms with Gasteiger partial charge in [-0.1, -0.05) is 13.8 Å². The van der Waals surface area contributed by atoms with E-state index in [1.165, 1.54) is 0 Å². The number of anilines is 3. The highest BCUT2D eigenvalue weighted by Crippen LogP contribution is 2.38. The van der Waals surface area contributed by atoms with E-state index in [1.807, 2.05) is 19.0 Å². The van der Waals surface area contributed by atoms with Crippen molar-refractivity contribution in [2.75, 3.05) is 62.9 Å². The molecule has 3 heterocycles. The lowest BCUT2D eigenvalue weighted by Crippen LogP contribution is -2.45. The van der Waals surface area contributed by atoms with E-state index in [2.05, 4.69) is 26.1 Å². The SMILES string of the molecule is CN(C)CCNc1ccc(C(=O)Nc2n[nH]c3c2CN(S(=O)(=O)c2cc(F)cc(F)c2)CC3(C)C)c(NC(=O)C2CCOC2)c1. The molecule has 0 bridgehead atoms. The third kappa shape index (κ3) is 7.16. The van der Waals surface area contributed by atoms with Crippen LogP contribution in [0.15, 0.2) is 41.3 Å². The number of fused-ring (bicyclic) bond motifs is 1. The van der Waals surface area contributed by atoms with Crippen molar-refractivity contribution in [2.24, 2.45) is 5.92 Å². The van der Waals surface area contributed by atoms with E-state index >= 15 is 0 Å². The number of ether oxygens (including phenoxy) is 1. The fraction of sp³-hybridized carbons (Fsp3) is 0.433. The Morgan fingerprint density at radius 2 is 1.87 bits per heavy atom. The first-order valence-electron chi connectivity index (χ1n) is 14.5. The maximum Gasteiger partial charge on any atom is 0.258 e. The van der Waals surface area contributed by atoms with Crippen LogP contribution in [0.25, 0.3) is 0 Å². The van der Waals surface area contributed by atoms with Crippen molar-refractivity contribution in [3.05, 3.63) is 64.9 Å². The highest BCUT2D eigenvalue weighted by molar-refractivity contribution is 7.89. The largest absolute Gasteiger partial charge is 0.384 e. The molecule has 2 aliphatic rings. The van der Waals surface area contributed by atoms with Crippen LogP contribution in [0, 0.1) is 17.6 Å². The van der Waals surface area contributed by atoms with E-state index < -0.39 is 37.9 Å². The number of sulfonamides is 1. The number of nitrogens with one attached hydrogen (secondary N) is 4. The molecule has 0 saturated carbocycles.